The van der Waals surface area contributed by atoms with Crippen LogP contribution in [-0.2, 0) is 6.42 Å². The number of aliphatic hydroxyl groups excluding tert-OH is 1. The van der Waals surface area contributed by atoms with Crippen molar-refractivity contribution in [3.8, 4) is 11.3 Å². The zero-order chi connectivity index (χ0) is 12.3. The minimum absolute atomic E-state index is 0.124. The fraction of sp³-hybridized carbons (Fsp3) is 0.357. The number of H-pyrrole nitrogens is 1. The summed E-state index contributed by atoms with van der Waals surface area (Å²) in [6, 6.07) is 8.50. The first-order chi connectivity index (χ1) is 8.20. The number of nitrogens with zero attached hydrogens (tertiary/aromatic N) is 1. The van der Waals surface area contributed by atoms with Crippen LogP contribution in [0, 0.1) is 0 Å². The van der Waals surface area contributed by atoms with E-state index in [1.807, 2.05) is 6.20 Å². The maximum atomic E-state index is 8.84. The molecule has 3 heteroatoms. The predicted octanol–water partition coefficient (Wildman–Crippen LogP) is 2.73. The van der Waals surface area contributed by atoms with Crippen molar-refractivity contribution < 1.29 is 5.11 Å². The highest BCUT2D eigenvalue weighted by Crippen LogP contribution is 2.21. The molecule has 0 saturated carbocycles. The van der Waals surface area contributed by atoms with E-state index in [0.29, 0.717) is 12.3 Å². The van der Waals surface area contributed by atoms with Gasteiger partial charge in [-0.05, 0) is 17.0 Å². The Kier molecular flexibility index (Phi) is 3.59. The molecular formula is C14H18N2O. The van der Waals surface area contributed by atoms with E-state index < -0.39 is 0 Å². The van der Waals surface area contributed by atoms with Gasteiger partial charge >= 0.3 is 0 Å². The molecule has 1 aromatic carbocycles. The van der Waals surface area contributed by atoms with E-state index in [2.05, 4.69) is 48.1 Å². The summed E-state index contributed by atoms with van der Waals surface area (Å²) in [6.07, 6.45) is 2.39. The number of aliphatic hydroxyl groups is 1. The van der Waals surface area contributed by atoms with Crippen LogP contribution >= 0.6 is 0 Å². The van der Waals surface area contributed by atoms with E-state index in [-0.39, 0.29) is 6.61 Å². The fourth-order valence-electron chi connectivity index (χ4n) is 1.79. The van der Waals surface area contributed by atoms with E-state index in [1.54, 1.807) is 0 Å². The van der Waals surface area contributed by atoms with Gasteiger partial charge in [-0.2, -0.15) is 0 Å². The van der Waals surface area contributed by atoms with Crippen LogP contribution in [0.2, 0.25) is 0 Å². The van der Waals surface area contributed by atoms with Crippen LogP contribution in [-0.4, -0.2) is 21.7 Å². The Morgan fingerprint density at radius 1 is 1.24 bits per heavy atom. The maximum absolute atomic E-state index is 8.84. The predicted molar refractivity (Wildman–Crippen MR) is 68.9 cm³/mol. The molecule has 0 aliphatic rings. The lowest BCUT2D eigenvalue weighted by atomic mass is 10.0. The van der Waals surface area contributed by atoms with Crippen LogP contribution < -0.4 is 0 Å². The summed E-state index contributed by atoms with van der Waals surface area (Å²) in [4.78, 5) is 7.43. The second-order valence-electron chi connectivity index (χ2n) is 4.49. The number of hydrogen-bond acceptors (Lipinski definition) is 2. The van der Waals surface area contributed by atoms with Gasteiger partial charge in [0.2, 0.25) is 0 Å². The molecule has 3 nitrogen and oxygen atoms in total. The van der Waals surface area contributed by atoms with Crippen molar-refractivity contribution in [2.45, 2.75) is 26.2 Å². The molecule has 90 valence electrons. The molecule has 1 aromatic heterocycles. The van der Waals surface area contributed by atoms with Crippen LogP contribution in [0.25, 0.3) is 11.3 Å². The van der Waals surface area contributed by atoms with Crippen LogP contribution in [0.4, 0.5) is 0 Å². The minimum Gasteiger partial charge on any atom is -0.396 e. The summed E-state index contributed by atoms with van der Waals surface area (Å²) < 4.78 is 0. The van der Waals surface area contributed by atoms with Gasteiger partial charge in [-0.1, -0.05) is 38.1 Å². The first kappa shape index (κ1) is 11.9. The summed E-state index contributed by atoms with van der Waals surface area (Å²) in [5, 5.41) is 8.84. The number of aromatic amines is 1. The molecule has 0 saturated heterocycles. The van der Waals surface area contributed by atoms with Gasteiger partial charge in [-0.3, -0.25) is 0 Å². The number of hydrogen-bond donors (Lipinski definition) is 2. The number of nitrogens with one attached hydrogen (secondary N) is 1. The molecule has 2 N–H and O–H groups in total. The first-order valence-corrected chi connectivity index (χ1v) is 5.96. The summed E-state index contributed by atoms with van der Waals surface area (Å²) in [5.41, 5.74) is 3.47. The van der Waals surface area contributed by atoms with Gasteiger partial charge in [-0.15, -0.1) is 0 Å². The van der Waals surface area contributed by atoms with Gasteiger partial charge in [0.25, 0.3) is 0 Å². The number of benzene rings is 1. The Morgan fingerprint density at radius 2 is 1.94 bits per heavy atom. The molecule has 0 radical (unpaired) electrons. The van der Waals surface area contributed by atoms with Crippen molar-refractivity contribution >= 4 is 0 Å². The Bertz CT molecular complexity index is 471. The molecule has 0 spiro atoms. The topological polar surface area (TPSA) is 48.9 Å². The van der Waals surface area contributed by atoms with Gasteiger partial charge in [0.15, 0.2) is 0 Å². The molecule has 0 aliphatic heterocycles. The lowest BCUT2D eigenvalue weighted by Gasteiger charge is -2.05. The number of imidazole rings is 1. The largest absolute Gasteiger partial charge is 0.396 e. The number of aromatic nitrogens is 2. The van der Waals surface area contributed by atoms with Crippen LogP contribution in [0.5, 0.6) is 0 Å². The van der Waals surface area contributed by atoms with E-state index in [9.17, 15) is 0 Å². The second-order valence-corrected chi connectivity index (χ2v) is 4.49. The second kappa shape index (κ2) is 5.15. The zero-order valence-corrected chi connectivity index (χ0v) is 10.3. The Hall–Kier alpha value is -1.61. The summed E-state index contributed by atoms with van der Waals surface area (Å²) in [7, 11) is 0. The summed E-state index contributed by atoms with van der Waals surface area (Å²) >= 11 is 0. The number of rotatable bonds is 4. The lowest BCUT2D eigenvalue weighted by molar-refractivity contribution is 0.297. The summed E-state index contributed by atoms with van der Waals surface area (Å²) in [6.45, 7) is 4.49. The maximum Gasteiger partial charge on any atom is 0.108 e. The molecule has 0 aliphatic carbocycles. The van der Waals surface area contributed by atoms with Crippen LogP contribution in [0.3, 0.4) is 0 Å². The van der Waals surface area contributed by atoms with Gasteiger partial charge < -0.3 is 10.1 Å². The monoisotopic (exact) mass is 230 g/mol. The van der Waals surface area contributed by atoms with Crippen molar-refractivity contribution in [2.24, 2.45) is 0 Å². The molecule has 2 aromatic rings. The van der Waals surface area contributed by atoms with E-state index in [0.717, 1.165) is 17.1 Å². The van der Waals surface area contributed by atoms with Crippen molar-refractivity contribution in [1.29, 1.82) is 0 Å². The molecule has 0 unspecified atom stereocenters. The molecule has 0 atom stereocenters. The molecule has 17 heavy (non-hydrogen) atoms. The molecule has 1 heterocycles. The minimum atomic E-state index is 0.124. The first-order valence-electron chi connectivity index (χ1n) is 5.96. The van der Waals surface area contributed by atoms with E-state index in [4.69, 9.17) is 5.11 Å². The standard InChI is InChI=1S/C14H18N2O/c1-10(2)11-3-5-12(6-4-11)13-9-15-14(16-13)7-8-17/h3-6,9-10,17H,7-8H2,1-2H3,(H,15,16). The molecule has 0 bridgehead atoms. The third-order valence-corrected chi connectivity index (χ3v) is 2.87. The third kappa shape index (κ3) is 2.74. The quantitative estimate of drug-likeness (QED) is 0.848. The van der Waals surface area contributed by atoms with Crippen LogP contribution in [0.15, 0.2) is 30.5 Å². The van der Waals surface area contributed by atoms with Gasteiger partial charge in [0.1, 0.15) is 5.82 Å². The molecule has 0 fully saturated rings. The van der Waals surface area contributed by atoms with Gasteiger partial charge in [0, 0.05) is 6.42 Å². The average Bonchev–Trinajstić information content (AvgIpc) is 2.78. The van der Waals surface area contributed by atoms with E-state index in [1.165, 1.54) is 5.56 Å². The lowest BCUT2D eigenvalue weighted by Crippen LogP contribution is -1.92. The Balaban J connectivity index is 2.21. The average molecular weight is 230 g/mol. The SMILES string of the molecule is CC(C)c1ccc(-c2cnc(CCO)[nH]2)cc1. The fourth-order valence-corrected chi connectivity index (χ4v) is 1.79. The Morgan fingerprint density at radius 3 is 2.53 bits per heavy atom. The van der Waals surface area contributed by atoms with Crippen molar-refractivity contribution in [3.63, 3.8) is 0 Å². The highest BCUT2D eigenvalue weighted by atomic mass is 16.3. The van der Waals surface area contributed by atoms with Crippen molar-refractivity contribution in [3.05, 3.63) is 41.9 Å². The highest BCUT2D eigenvalue weighted by Gasteiger charge is 2.04. The molecule has 2 rings (SSSR count). The molecule has 0 amide bonds. The van der Waals surface area contributed by atoms with E-state index >= 15 is 0 Å². The highest BCUT2D eigenvalue weighted by molar-refractivity contribution is 5.58. The normalized spacial score (nSPS) is 11.1. The van der Waals surface area contributed by atoms with Crippen molar-refractivity contribution in [2.75, 3.05) is 6.61 Å². The van der Waals surface area contributed by atoms with Crippen LogP contribution in [0.1, 0.15) is 31.2 Å². The van der Waals surface area contributed by atoms with Gasteiger partial charge in [0.05, 0.1) is 18.5 Å². The summed E-state index contributed by atoms with van der Waals surface area (Å²) in [5.74, 6) is 1.38. The Labute approximate surface area is 102 Å². The smallest absolute Gasteiger partial charge is 0.108 e. The van der Waals surface area contributed by atoms with Crippen molar-refractivity contribution in [1.82, 2.24) is 9.97 Å². The molecular weight excluding hydrogens is 212 g/mol. The van der Waals surface area contributed by atoms with Gasteiger partial charge in [-0.25, -0.2) is 4.98 Å². The third-order valence-electron chi connectivity index (χ3n) is 2.87. The zero-order valence-electron chi connectivity index (χ0n) is 10.3.